The van der Waals surface area contributed by atoms with Crippen LogP contribution in [0.25, 0.3) is 0 Å². The minimum atomic E-state index is -3.60. The number of carbonyl (C=O) groups is 1. The summed E-state index contributed by atoms with van der Waals surface area (Å²) in [6.07, 6.45) is 0.386. The number of benzene rings is 1. The van der Waals surface area contributed by atoms with Gasteiger partial charge in [0, 0.05) is 0 Å². The number of sulfonamides is 1. The molecule has 1 atom stereocenters. The molecule has 4 N–H and O–H groups in total. The van der Waals surface area contributed by atoms with E-state index in [-0.39, 0.29) is 11.7 Å². The Bertz CT molecular complexity index is 529. The Labute approximate surface area is 119 Å². The van der Waals surface area contributed by atoms with Crippen molar-refractivity contribution in [1.29, 1.82) is 0 Å². The summed E-state index contributed by atoms with van der Waals surface area (Å²) in [5, 5.41) is 0. The van der Waals surface area contributed by atoms with Crippen molar-refractivity contribution < 1.29 is 13.2 Å². The monoisotopic (exact) mass is 299 g/mol. The first-order chi connectivity index (χ1) is 9.34. The molecule has 1 rings (SSSR count). The number of nitrogens with two attached hydrogens (primary N) is 1. The Morgan fingerprint density at radius 2 is 1.85 bits per heavy atom. The molecule has 1 aromatic carbocycles. The summed E-state index contributed by atoms with van der Waals surface area (Å²) < 4.78 is 26.6. The van der Waals surface area contributed by atoms with E-state index in [1.54, 1.807) is 24.3 Å². The molecule has 1 amide bonds. The van der Waals surface area contributed by atoms with Crippen molar-refractivity contribution in [3.8, 4) is 0 Å². The van der Waals surface area contributed by atoms with Crippen LogP contribution in [-0.4, -0.2) is 20.4 Å². The lowest BCUT2D eigenvalue weighted by atomic mass is 10.0. The summed E-state index contributed by atoms with van der Waals surface area (Å²) in [7, 11) is -3.60. The van der Waals surface area contributed by atoms with Crippen molar-refractivity contribution >= 4 is 15.9 Å². The number of hydrazine groups is 1. The van der Waals surface area contributed by atoms with Crippen molar-refractivity contribution in [2.24, 2.45) is 11.8 Å². The van der Waals surface area contributed by atoms with Gasteiger partial charge in [0.25, 0.3) is 5.91 Å². The topological polar surface area (TPSA) is 101 Å². The van der Waals surface area contributed by atoms with E-state index in [2.05, 4.69) is 4.72 Å². The van der Waals surface area contributed by atoms with Gasteiger partial charge >= 0.3 is 0 Å². The maximum atomic E-state index is 12.1. The van der Waals surface area contributed by atoms with Crippen molar-refractivity contribution in [2.45, 2.75) is 32.1 Å². The highest BCUT2D eigenvalue weighted by molar-refractivity contribution is 7.88. The van der Waals surface area contributed by atoms with Gasteiger partial charge in [-0.1, -0.05) is 44.2 Å². The van der Waals surface area contributed by atoms with Crippen molar-refractivity contribution in [3.05, 3.63) is 35.9 Å². The third-order valence-electron chi connectivity index (χ3n) is 2.69. The molecular formula is C13H21N3O3S. The zero-order valence-electron chi connectivity index (χ0n) is 11.7. The van der Waals surface area contributed by atoms with Crippen LogP contribution in [0.15, 0.2) is 30.3 Å². The molecule has 0 spiro atoms. The lowest BCUT2D eigenvalue weighted by molar-refractivity contribution is -0.123. The van der Waals surface area contributed by atoms with E-state index < -0.39 is 22.0 Å². The Balaban J connectivity index is 2.78. The predicted octanol–water partition coefficient (Wildman–Crippen LogP) is 0.511. The van der Waals surface area contributed by atoms with Crippen molar-refractivity contribution in [2.75, 3.05) is 0 Å². The predicted molar refractivity (Wildman–Crippen MR) is 77.8 cm³/mol. The highest BCUT2D eigenvalue weighted by Crippen LogP contribution is 2.09. The van der Waals surface area contributed by atoms with E-state index >= 15 is 0 Å². The summed E-state index contributed by atoms with van der Waals surface area (Å²) in [5.41, 5.74) is 2.65. The summed E-state index contributed by atoms with van der Waals surface area (Å²) in [6, 6.07) is 7.94. The van der Waals surface area contributed by atoms with Crippen molar-refractivity contribution in [1.82, 2.24) is 10.1 Å². The highest BCUT2D eigenvalue weighted by atomic mass is 32.2. The fourth-order valence-electron chi connectivity index (χ4n) is 1.83. The standard InChI is InChI=1S/C13H21N3O3S/c1-10(2)8-12(13(17)15-14)16-20(18,19)9-11-6-4-3-5-7-11/h3-7,10,12,16H,8-9,14H2,1-2H3,(H,15,17)/t12-/m1/s1. The minimum absolute atomic E-state index is 0.164. The second-order valence-electron chi connectivity index (χ2n) is 5.05. The van der Waals surface area contributed by atoms with Crippen LogP contribution in [0.5, 0.6) is 0 Å². The van der Waals surface area contributed by atoms with E-state index in [1.807, 2.05) is 25.3 Å². The van der Waals surface area contributed by atoms with Crippen LogP contribution in [-0.2, 0) is 20.6 Å². The molecule has 0 bridgehead atoms. The van der Waals surface area contributed by atoms with E-state index in [4.69, 9.17) is 5.84 Å². The normalized spacial score (nSPS) is 13.2. The van der Waals surface area contributed by atoms with Gasteiger partial charge in [0.05, 0.1) is 5.75 Å². The molecule has 0 aliphatic carbocycles. The Hall–Kier alpha value is -1.44. The summed E-state index contributed by atoms with van der Waals surface area (Å²) in [4.78, 5) is 11.6. The second-order valence-corrected chi connectivity index (χ2v) is 6.81. The molecule has 0 saturated heterocycles. The van der Waals surface area contributed by atoms with Crippen LogP contribution in [0.1, 0.15) is 25.8 Å². The van der Waals surface area contributed by atoms with Crippen LogP contribution in [0.4, 0.5) is 0 Å². The third kappa shape index (κ3) is 5.68. The molecule has 0 aliphatic heterocycles. The van der Waals surface area contributed by atoms with Gasteiger partial charge in [0.1, 0.15) is 6.04 Å². The number of carbonyl (C=O) groups excluding carboxylic acids is 1. The smallest absolute Gasteiger partial charge is 0.252 e. The molecule has 6 nitrogen and oxygen atoms in total. The summed E-state index contributed by atoms with van der Waals surface area (Å²) >= 11 is 0. The average molecular weight is 299 g/mol. The largest absolute Gasteiger partial charge is 0.293 e. The van der Waals surface area contributed by atoms with Crippen LogP contribution in [0, 0.1) is 5.92 Å². The molecule has 0 fully saturated rings. The molecule has 20 heavy (non-hydrogen) atoms. The van der Waals surface area contributed by atoms with Gasteiger partial charge < -0.3 is 0 Å². The van der Waals surface area contributed by atoms with E-state index in [0.29, 0.717) is 12.0 Å². The Morgan fingerprint density at radius 1 is 1.25 bits per heavy atom. The Morgan fingerprint density at radius 3 is 2.35 bits per heavy atom. The van der Waals surface area contributed by atoms with Gasteiger partial charge in [0.15, 0.2) is 0 Å². The summed E-state index contributed by atoms with van der Waals surface area (Å²) in [5.74, 6) is 4.55. The molecule has 7 heteroatoms. The first-order valence-electron chi connectivity index (χ1n) is 6.38. The van der Waals surface area contributed by atoms with Gasteiger partial charge in [-0.25, -0.2) is 19.0 Å². The van der Waals surface area contributed by atoms with E-state index in [0.717, 1.165) is 0 Å². The second kappa shape index (κ2) is 7.37. The fraction of sp³-hybridized carbons (Fsp3) is 0.462. The minimum Gasteiger partial charge on any atom is -0.293 e. The molecule has 0 radical (unpaired) electrons. The Kier molecular flexibility index (Phi) is 6.12. The molecule has 0 saturated carbocycles. The number of hydrogen-bond donors (Lipinski definition) is 3. The van der Waals surface area contributed by atoms with Crippen LogP contribution >= 0.6 is 0 Å². The first kappa shape index (κ1) is 16.6. The van der Waals surface area contributed by atoms with Crippen LogP contribution in [0.2, 0.25) is 0 Å². The van der Waals surface area contributed by atoms with Crippen LogP contribution in [0.3, 0.4) is 0 Å². The summed E-state index contributed by atoms with van der Waals surface area (Å²) in [6.45, 7) is 3.81. The van der Waals surface area contributed by atoms with Gasteiger partial charge in [-0.05, 0) is 17.9 Å². The number of nitrogens with one attached hydrogen (secondary N) is 2. The van der Waals surface area contributed by atoms with Gasteiger partial charge in [0.2, 0.25) is 10.0 Å². The number of hydrogen-bond acceptors (Lipinski definition) is 4. The number of rotatable bonds is 7. The maximum Gasteiger partial charge on any atom is 0.252 e. The maximum absolute atomic E-state index is 12.1. The van der Waals surface area contributed by atoms with Crippen molar-refractivity contribution in [3.63, 3.8) is 0 Å². The lowest BCUT2D eigenvalue weighted by Gasteiger charge is -2.18. The molecule has 112 valence electrons. The van der Waals surface area contributed by atoms with E-state index in [9.17, 15) is 13.2 Å². The number of amides is 1. The lowest BCUT2D eigenvalue weighted by Crippen LogP contribution is -2.49. The van der Waals surface area contributed by atoms with E-state index in [1.165, 1.54) is 0 Å². The fourth-order valence-corrected chi connectivity index (χ4v) is 3.18. The third-order valence-corrected chi connectivity index (χ3v) is 4.04. The van der Waals surface area contributed by atoms with Gasteiger partial charge in [-0.3, -0.25) is 10.2 Å². The molecule has 0 heterocycles. The first-order valence-corrected chi connectivity index (χ1v) is 8.03. The van der Waals surface area contributed by atoms with Gasteiger partial charge in [-0.2, -0.15) is 0 Å². The van der Waals surface area contributed by atoms with Crippen LogP contribution < -0.4 is 16.0 Å². The quantitative estimate of drug-likeness (QED) is 0.388. The molecule has 0 unspecified atom stereocenters. The zero-order chi connectivity index (χ0) is 15.2. The highest BCUT2D eigenvalue weighted by Gasteiger charge is 2.24. The zero-order valence-corrected chi connectivity index (χ0v) is 12.5. The van der Waals surface area contributed by atoms with Gasteiger partial charge in [-0.15, -0.1) is 0 Å². The molecular weight excluding hydrogens is 278 g/mol. The molecule has 1 aromatic rings. The SMILES string of the molecule is CC(C)C[C@@H](NS(=O)(=O)Cc1ccccc1)C(=O)NN. The average Bonchev–Trinajstić information content (AvgIpc) is 2.36. The molecule has 0 aliphatic rings. The molecule has 0 aromatic heterocycles.